The first-order chi connectivity index (χ1) is 10.6. The first kappa shape index (κ1) is 18.7. The van der Waals surface area contributed by atoms with Crippen LogP contribution in [0.4, 0.5) is 0 Å². The van der Waals surface area contributed by atoms with E-state index in [0.717, 1.165) is 32.4 Å². The minimum atomic E-state index is -0.139. The van der Waals surface area contributed by atoms with Gasteiger partial charge in [0.2, 0.25) is 5.91 Å². The Hall–Kier alpha value is -1.39. The first-order valence-corrected chi connectivity index (χ1v) is 8.14. The van der Waals surface area contributed by atoms with E-state index in [9.17, 15) is 4.79 Å². The van der Waals surface area contributed by atoms with Gasteiger partial charge in [0.05, 0.1) is 12.1 Å². The number of carbonyl (C=O) groups is 1. The van der Waals surface area contributed by atoms with E-state index >= 15 is 0 Å². The molecule has 1 N–H and O–H groups in total. The maximum absolute atomic E-state index is 12.5. The van der Waals surface area contributed by atoms with Gasteiger partial charge in [-0.1, -0.05) is 43.7 Å². The van der Waals surface area contributed by atoms with Crippen molar-refractivity contribution in [1.82, 2.24) is 10.2 Å². The van der Waals surface area contributed by atoms with Gasteiger partial charge in [-0.15, -0.1) is 0 Å². The van der Waals surface area contributed by atoms with Gasteiger partial charge in [0, 0.05) is 20.3 Å². The molecule has 0 saturated heterocycles. The molecule has 1 rings (SSSR count). The smallest absolute Gasteiger partial charge is 0.237 e. The zero-order valence-electron chi connectivity index (χ0n) is 14.3. The van der Waals surface area contributed by atoms with E-state index in [-0.39, 0.29) is 18.0 Å². The molecule has 0 fully saturated rings. The second-order valence-electron chi connectivity index (χ2n) is 5.76. The summed E-state index contributed by atoms with van der Waals surface area (Å²) in [5.41, 5.74) is 1.17. The normalized spacial score (nSPS) is 13.9. The van der Waals surface area contributed by atoms with E-state index in [1.165, 1.54) is 5.56 Å². The molecule has 1 amide bonds. The molecule has 0 spiro atoms. The number of likely N-dealkylation sites (N-methyl/N-ethyl adjacent to an activating group) is 1. The first-order valence-electron chi connectivity index (χ1n) is 8.14. The molecule has 1 aromatic carbocycles. The Bertz CT molecular complexity index is 422. The molecule has 0 aromatic heterocycles. The highest BCUT2D eigenvalue weighted by Crippen LogP contribution is 2.18. The number of hydrogen-bond donors (Lipinski definition) is 1. The lowest BCUT2D eigenvalue weighted by Gasteiger charge is -2.27. The highest BCUT2D eigenvalue weighted by molar-refractivity contribution is 5.81. The maximum Gasteiger partial charge on any atom is 0.237 e. The van der Waals surface area contributed by atoms with Crippen LogP contribution in [0.2, 0.25) is 0 Å². The van der Waals surface area contributed by atoms with Gasteiger partial charge in [-0.3, -0.25) is 9.69 Å². The lowest BCUT2D eigenvalue weighted by Crippen LogP contribution is -2.44. The number of benzene rings is 1. The Balaban J connectivity index is 2.59. The summed E-state index contributed by atoms with van der Waals surface area (Å²) in [6.45, 7) is 5.67. The van der Waals surface area contributed by atoms with Crippen molar-refractivity contribution in [2.24, 2.45) is 0 Å². The molecule has 4 heteroatoms. The van der Waals surface area contributed by atoms with Crippen molar-refractivity contribution in [3.05, 3.63) is 35.9 Å². The summed E-state index contributed by atoms with van der Waals surface area (Å²) in [5, 5.41) is 3.19. The van der Waals surface area contributed by atoms with Crippen LogP contribution >= 0.6 is 0 Å². The van der Waals surface area contributed by atoms with Crippen molar-refractivity contribution < 1.29 is 9.53 Å². The Labute approximate surface area is 134 Å². The van der Waals surface area contributed by atoms with Gasteiger partial charge >= 0.3 is 0 Å². The molecular weight excluding hydrogens is 276 g/mol. The number of ether oxygens (including phenoxy) is 1. The molecule has 0 aliphatic rings. The van der Waals surface area contributed by atoms with Crippen molar-refractivity contribution in [1.29, 1.82) is 0 Å². The van der Waals surface area contributed by atoms with Gasteiger partial charge in [0.15, 0.2) is 0 Å². The lowest BCUT2D eigenvalue weighted by molar-refractivity contribution is -0.126. The minimum Gasteiger partial charge on any atom is -0.385 e. The largest absolute Gasteiger partial charge is 0.385 e. The monoisotopic (exact) mass is 306 g/mol. The number of methoxy groups -OCH3 is 1. The Morgan fingerprint density at radius 2 is 2.00 bits per heavy atom. The van der Waals surface area contributed by atoms with Crippen molar-refractivity contribution >= 4 is 5.91 Å². The summed E-state index contributed by atoms with van der Waals surface area (Å²) in [5.74, 6) is 0.0854. The molecule has 2 unspecified atom stereocenters. The lowest BCUT2D eigenvalue weighted by atomic mass is 10.0. The van der Waals surface area contributed by atoms with E-state index in [4.69, 9.17) is 4.74 Å². The highest BCUT2D eigenvalue weighted by Gasteiger charge is 2.21. The summed E-state index contributed by atoms with van der Waals surface area (Å²) in [6, 6.07) is 10.1. The standard InChI is InChI=1S/C18H30N2O2/c1-5-10-17(16-11-7-6-8-12-16)19-18(21)15(2)20(3)13-9-14-22-4/h6-8,11-12,15,17H,5,9-10,13-14H2,1-4H3,(H,19,21). The molecule has 0 heterocycles. The van der Waals surface area contributed by atoms with Gasteiger partial charge in [-0.25, -0.2) is 0 Å². The Kier molecular flexibility index (Phi) is 8.78. The fourth-order valence-corrected chi connectivity index (χ4v) is 2.44. The van der Waals surface area contributed by atoms with Crippen LogP contribution in [-0.4, -0.2) is 44.2 Å². The third-order valence-electron chi connectivity index (χ3n) is 4.00. The van der Waals surface area contributed by atoms with E-state index in [0.29, 0.717) is 0 Å². The number of nitrogens with one attached hydrogen (secondary N) is 1. The van der Waals surface area contributed by atoms with Gasteiger partial charge < -0.3 is 10.1 Å². The molecular formula is C18H30N2O2. The molecule has 124 valence electrons. The number of carbonyl (C=O) groups excluding carboxylic acids is 1. The molecule has 0 radical (unpaired) electrons. The van der Waals surface area contributed by atoms with Gasteiger partial charge in [0.25, 0.3) is 0 Å². The molecule has 0 bridgehead atoms. The summed E-state index contributed by atoms with van der Waals surface area (Å²) < 4.78 is 5.06. The van der Waals surface area contributed by atoms with Crippen LogP contribution in [0, 0.1) is 0 Å². The van der Waals surface area contributed by atoms with Gasteiger partial charge in [-0.2, -0.15) is 0 Å². The van der Waals surface area contributed by atoms with E-state index in [2.05, 4.69) is 29.3 Å². The SMILES string of the molecule is CCCC(NC(=O)C(C)N(C)CCCOC)c1ccccc1. The predicted octanol–water partition coefficient (Wildman–Crippen LogP) is 3.00. The molecule has 0 aliphatic carbocycles. The van der Waals surface area contributed by atoms with E-state index in [1.807, 2.05) is 32.2 Å². The summed E-state index contributed by atoms with van der Waals surface area (Å²) >= 11 is 0. The zero-order chi connectivity index (χ0) is 16.4. The van der Waals surface area contributed by atoms with Crippen LogP contribution in [0.1, 0.15) is 44.7 Å². The van der Waals surface area contributed by atoms with Crippen LogP contribution in [0.15, 0.2) is 30.3 Å². The number of rotatable bonds is 10. The topological polar surface area (TPSA) is 41.6 Å². The van der Waals surface area contributed by atoms with Crippen LogP contribution in [-0.2, 0) is 9.53 Å². The summed E-state index contributed by atoms with van der Waals surface area (Å²) in [7, 11) is 3.68. The van der Waals surface area contributed by atoms with Crippen molar-refractivity contribution in [2.45, 2.75) is 45.2 Å². The van der Waals surface area contributed by atoms with Crippen LogP contribution in [0.5, 0.6) is 0 Å². The summed E-state index contributed by atoms with van der Waals surface area (Å²) in [6.07, 6.45) is 2.93. The third-order valence-corrected chi connectivity index (χ3v) is 4.00. The van der Waals surface area contributed by atoms with Crippen LogP contribution in [0.25, 0.3) is 0 Å². The molecule has 4 nitrogen and oxygen atoms in total. The molecule has 1 aromatic rings. The van der Waals surface area contributed by atoms with E-state index in [1.54, 1.807) is 7.11 Å². The molecule has 0 saturated carbocycles. The van der Waals surface area contributed by atoms with Crippen molar-refractivity contribution in [2.75, 3.05) is 27.3 Å². The van der Waals surface area contributed by atoms with Gasteiger partial charge in [0.1, 0.15) is 0 Å². The second-order valence-corrected chi connectivity index (χ2v) is 5.76. The van der Waals surface area contributed by atoms with Crippen LogP contribution < -0.4 is 5.32 Å². The van der Waals surface area contributed by atoms with Crippen LogP contribution in [0.3, 0.4) is 0 Å². The summed E-state index contributed by atoms with van der Waals surface area (Å²) in [4.78, 5) is 14.6. The van der Waals surface area contributed by atoms with E-state index < -0.39 is 0 Å². The average Bonchev–Trinajstić information content (AvgIpc) is 2.54. The second kappa shape index (κ2) is 10.4. The molecule has 0 aliphatic heterocycles. The average molecular weight is 306 g/mol. The fraction of sp³-hybridized carbons (Fsp3) is 0.611. The fourth-order valence-electron chi connectivity index (χ4n) is 2.44. The quantitative estimate of drug-likeness (QED) is 0.676. The zero-order valence-corrected chi connectivity index (χ0v) is 14.3. The van der Waals surface area contributed by atoms with Crippen molar-refractivity contribution in [3.63, 3.8) is 0 Å². The third kappa shape index (κ3) is 6.16. The number of nitrogens with zero attached hydrogens (tertiary/aromatic N) is 1. The molecule has 2 atom stereocenters. The Morgan fingerprint density at radius 1 is 1.32 bits per heavy atom. The minimum absolute atomic E-state index is 0.0854. The maximum atomic E-state index is 12.5. The number of amides is 1. The molecule has 22 heavy (non-hydrogen) atoms. The Morgan fingerprint density at radius 3 is 2.59 bits per heavy atom. The van der Waals surface area contributed by atoms with Gasteiger partial charge in [-0.05, 0) is 32.4 Å². The number of hydrogen-bond acceptors (Lipinski definition) is 3. The van der Waals surface area contributed by atoms with Crippen molar-refractivity contribution in [3.8, 4) is 0 Å². The predicted molar refractivity (Wildman–Crippen MR) is 90.8 cm³/mol. The highest BCUT2D eigenvalue weighted by atomic mass is 16.5.